The van der Waals surface area contributed by atoms with E-state index in [1.807, 2.05) is 19.9 Å². The van der Waals surface area contributed by atoms with Crippen molar-refractivity contribution in [2.24, 2.45) is 5.92 Å². The monoisotopic (exact) mass is 265 g/mol. The fraction of sp³-hybridized carbons (Fsp3) is 0.733. The molecule has 1 aliphatic rings. The van der Waals surface area contributed by atoms with E-state index in [2.05, 4.69) is 33.8 Å². The molecule has 4 heteroatoms. The molecule has 1 aromatic heterocycles. The van der Waals surface area contributed by atoms with Crippen molar-refractivity contribution in [2.45, 2.75) is 26.5 Å². The van der Waals surface area contributed by atoms with Gasteiger partial charge in [0.2, 0.25) is 0 Å². The van der Waals surface area contributed by atoms with Gasteiger partial charge in [0.25, 0.3) is 0 Å². The Morgan fingerprint density at radius 1 is 1.16 bits per heavy atom. The SMILES string of the molecule is CC(C)C(O)c1ccn(CCN2CCN(C)CC2)c1. The van der Waals surface area contributed by atoms with Crippen LogP contribution in [0.5, 0.6) is 0 Å². The van der Waals surface area contributed by atoms with Crippen LogP contribution in [0.1, 0.15) is 25.5 Å². The highest BCUT2D eigenvalue weighted by Gasteiger charge is 2.15. The van der Waals surface area contributed by atoms with E-state index in [0.717, 1.165) is 18.7 Å². The number of rotatable bonds is 5. The Hall–Kier alpha value is -0.840. The van der Waals surface area contributed by atoms with Crippen molar-refractivity contribution in [3.8, 4) is 0 Å². The largest absolute Gasteiger partial charge is 0.388 e. The molecule has 1 aromatic rings. The van der Waals surface area contributed by atoms with Crippen LogP contribution in [0.3, 0.4) is 0 Å². The van der Waals surface area contributed by atoms with Crippen molar-refractivity contribution in [1.82, 2.24) is 14.4 Å². The van der Waals surface area contributed by atoms with Crippen molar-refractivity contribution in [3.05, 3.63) is 24.0 Å². The smallest absolute Gasteiger partial charge is 0.0827 e. The summed E-state index contributed by atoms with van der Waals surface area (Å²) in [6, 6.07) is 2.04. The van der Waals surface area contributed by atoms with Gasteiger partial charge in [-0.05, 0) is 24.6 Å². The summed E-state index contributed by atoms with van der Waals surface area (Å²) in [5, 5.41) is 10.0. The van der Waals surface area contributed by atoms with E-state index in [0.29, 0.717) is 0 Å². The van der Waals surface area contributed by atoms with Gasteiger partial charge in [-0.2, -0.15) is 0 Å². The predicted octanol–water partition coefficient (Wildman–Crippen LogP) is 1.42. The third kappa shape index (κ3) is 4.06. The van der Waals surface area contributed by atoms with Crippen molar-refractivity contribution in [2.75, 3.05) is 39.8 Å². The van der Waals surface area contributed by atoms with Gasteiger partial charge in [-0.1, -0.05) is 13.8 Å². The zero-order valence-electron chi connectivity index (χ0n) is 12.4. The first-order chi connectivity index (χ1) is 9.06. The predicted molar refractivity (Wildman–Crippen MR) is 78.2 cm³/mol. The number of aliphatic hydroxyl groups excluding tert-OH is 1. The molecule has 4 nitrogen and oxygen atoms in total. The Balaban J connectivity index is 1.80. The van der Waals surface area contributed by atoms with E-state index >= 15 is 0 Å². The number of hydrogen-bond acceptors (Lipinski definition) is 3. The highest BCUT2D eigenvalue weighted by molar-refractivity contribution is 5.14. The van der Waals surface area contributed by atoms with E-state index in [9.17, 15) is 5.11 Å². The van der Waals surface area contributed by atoms with E-state index < -0.39 is 0 Å². The topological polar surface area (TPSA) is 31.6 Å². The van der Waals surface area contributed by atoms with Gasteiger partial charge in [0.1, 0.15) is 0 Å². The van der Waals surface area contributed by atoms with Gasteiger partial charge in [0.15, 0.2) is 0 Å². The maximum Gasteiger partial charge on any atom is 0.0827 e. The highest BCUT2D eigenvalue weighted by atomic mass is 16.3. The summed E-state index contributed by atoms with van der Waals surface area (Å²) >= 11 is 0. The molecule has 0 saturated carbocycles. The average molecular weight is 265 g/mol. The van der Waals surface area contributed by atoms with Crippen molar-refractivity contribution in [1.29, 1.82) is 0 Å². The zero-order valence-corrected chi connectivity index (χ0v) is 12.4. The van der Waals surface area contributed by atoms with Gasteiger partial charge in [-0.25, -0.2) is 0 Å². The van der Waals surface area contributed by atoms with Gasteiger partial charge in [0.05, 0.1) is 6.10 Å². The summed E-state index contributed by atoms with van der Waals surface area (Å²) in [5.74, 6) is 0.272. The fourth-order valence-electron chi connectivity index (χ4n) is 2.49. The summed E-state index contributed by atoms with van der Waals surface area (Å²) in [4.78, 5) is 4.89. The molecule has 2 heterocycles. The number of likely N-dealkylation sites (N-methyl/N-ethyl adjacent to an activating group) is 1. The Morgan fingerprint density at radius 3 is 2.47 bits per heavy atom. The number of aromatic nitrogens is 1. The Kier molecular flexibility index (Phi) is 5.02. The Bertz CT molecular complexity index is 380. The third-order valence-corrected chi connectivity index (χ3v) is 4.02. The average Bonchev–Trinajstić information content (AvgIpc) is 2.86. The van der Waals surface area contributed by atoms with Crippen molar-refractivity contribution >= 4 is 0 Å². The van der Waals surface area contributed by atoms with E-state index in [4.69, 9.17) is 0 Å². The summed E-state index contributed by atoms with van der Waals surface area (Å²) < 4.78 is 2.19. The van der Waals surface area contributed by atoms with Crippen LogP contribution in [0.15, 0.2) is 18.5 Å². The summed E-state index contributed by atoms with van der Waals surface area (Å²) in [5.41, 5.74) is 1.04. The zero-order chi connectivity index (χ0) is 13.8. The highest BCUT2D eigenvalue weighted by Crippen LogP contribution is 2.21. The molecule has 0 bridgehead atoms. The second-order valence-electron chi connectivity index (χ2n) is 6.02. The lowest BCUT2D eigenvalue weighted by Gasteiger charge is -2.32. The van der Waals surface area contributed by atoms with Gasteiger partial charge >= 0.3 is 0 Å². The van der Waals surface area contributed by atoms with Crippen LogP contribution in [-0.2, 0) is 6.54 Å². The van der Waals surface area contributed by atoms with E-state index in [1.165, 1.54) is 26.2 Å². The molecule has 108 valence electrons. The first kappa shape index (κ1) is 14.6. The van der Waals surface area contributed by atoms with Crippen LogP contribution < -0.4 is 0 Å². The number of aliphatic hydroxyl groups is 1. The molecule has 1 atom stereocenters. The quantitative estimate of drug-likeness (QED) is 0.874. The summed E-state index contributed by atoms with van der Waals surface area (Å²) in [7, 11) is 2.18. The summed E-state index contributed by atoms with van der Waals surface area (Å²) in [6.45, 7) is 10.9. The molecule has 0 spiro atoms. The lowest BCUT2D eigenvalue weighted by Crippen LogP contribution is -2.45. The van der Waals surface area contributed by atoms with Crippen LogP contribution in [0.2, 0.25) is 0 Å². The molecule has 1 N–H and O–H groups in total. The van der Waals surface area contributed by atoms with Gasteiger partial charge in [-0.15, -0.1) is 0 Å². The lowest BCUT2D eigenvalue weighted by atomic mass is 10.0. The second kappa shape index (κ2) is 6.55. The minimum atomic E-state index is -0.343. The Morgan fingerprint density at radius 2 is 1.84 bits per heavy atom. The number of piperazine rings is 1. The van der Waals surface area contributed by atoms with Gasteiger partial charge in [0, 0.05) is 51.7 Å². The molecule has 0 aliphatic carbocycles. The van der Waals surface area contributed by atoms with Crippen LogP contribution >= 0.6 is 0 Å². The van der Waals surface area contributed by atoms with Gasteiger partial charge < -0.3 is 14.6 Å². The fourth-order valence-corrected chi connectivity index (χ4v) is 2.49. The van der Waals surface area contributed by atoms with E-state index in [-0.39, 0.29) is 12.0 Å². The molecule has 0 aromatic carbocycles. The molecule has 19 heavy (non-hydrogen) atoms. The normalized spacial score (nSPS) is 20.1. The summed E-state index contributed by atoms with van der Waals surface area (Å²) in [6.07, 6.45) is 3.82. The molecule has 1 saturated heterocycles. The first-order valence-corrected chi connectivity index (χ1v) is 7.31. The van der Waals surface area contributed by atoms with Crippen LogP contribution in [0, 0.1) is 5.92 Å². The maximum atomic E-state index is 10.0. The minimum absolute atomic E-state index is 0.272. The number of hydrogen-bond donors (Lipinski definition) is 1. The maximum absolute atomic E-state index is 10.0. The molecular weight excluding hydrogens is 238 g/mol. The lowest BCUT2D eigenvalue weighted by molar-refractivity contribution is 0.126. The van der Waals surface area contributed by atoms with Gasteiger partial charge in [-0.3, -0.25) is 4.90 Å². The molecular formula is C15H27N3O. The minimum Gasteiger partial charge on any atom is -0.388 e. The van der Waals surface area contributed by atoms with Crippen LogP contribution in [0.25, 0.3) is 0 Å². The molecule has 2 rings (SSSR count). The first-order valence-electron chi connectivity index (χ1n) is 7.31. The Labute approximate surface area is 116 Å². The molecule has 0 amide bonds. The molecule has 1 unspecified atom stereocenters. The van der Waals surface area contributed by atoms with Crippen molar-refractivity contribution < 1.29 is 5.11 Å². The molecule has 1 aliphatic heterocycles. The standard InChI is InChI=1S/C15H27N3O/c1-13(2)15(19)14-4-5-18(12-14)11-10-17-8-6-16(3)7-9-17/h4-5,12-13,15,19H,6-11H2,1-3H3. The van der Waals surface area contributed by atoms with Crippen LogP contribution in [0.4, 0.5) is 0 Å². The molecule has 0 radical (unpaired) electrons. The van der Waals surface area contributed by atoms with E-state index in [1.54, 1.807) is 0 Å². The third-order valence-electron chi connectivity index (χ3n) is 4.02. The molecule has 1 fully saturated rings. The van der Waals surface area contributed by atoms with Crippen molar-refractivity contribution in [3.63, 3.8) is 0 Å². The van der Waals surface area contributed by atoms with Crippen LogP contribution in [-0.4, -0.2) is 59.2 Å². The number of nitrogens with zero attached hydrogens (tertiary/aromatic N) is 3. The second-order valence-corrected chi connectivity index (χ2v) is 6.02.